The molecule has 0 unspecified atom stereocenters. The highest BCUT2D eigenvalue weighted by Crippen LogP contribution is 2.74. The third kappa shape index (κ3) is 7.87. The van der Waals surface area contributed by atoms with E-state index in [1.54, 1.807) is 0 Å². The van der Waals surface area contributed by atoms with E-state index in [0.29, 0.717) is 12.8 Å². The van der Waals surface area contributed by atoms with Crippen molar-refractivity contribution in [1.29, 1.82) is 0 Å². The SMILES string of the molecule is C[C@H]1O[C@H](O[C@@H]2[C@@H](O)[C@H](O)[C@@H](O[C@@H]3CC[C@]4(C)[C@H](CC[C@@]5(C)[C@H]4C=CC4=C6CC(C)(C)CC[C@@]6(CO)[C@H](O)C[C@@]45C)C3(C)C)O[C@H]2CO[C@H]2O[C@@H](CO)[C@H](O)[C@@H](O)[C@@H]2O)[C@@H](O)[C@@H](O)[C@@H]1O. The fourth-order valence-corrected chi connectivity index (χ4v) is 14.4. The normalized spacial score (nSPS) is 54.0. The summed E-state index contributed by atoms with van der Waals surface area (Å²) in [5.74, 6) is 0.308. The van der Waals surface area contributed by atoms with Gasteiger partial charge in [-0.3, -0.25) is 0 Å². The zero-order chi connectivity index (χ0) is 47.6. The van der Waals surface area contributed by atoms with Gasteiger partial charge >= 0.3 is 0 Å². The first-order valence-electron chi connectivity index (χ1n) is 24.0. The summed E-state index contributed by atoms with van der Waals surface area (Å²) in [5.41, 5.74) is 0.777. The van der Waals surface area contributed by atoms with Crippen LogP contribution in [0.15, 0.2) is 23.3 Å². The molecule has 372 valence electrons. The number of aliphatic hydroxyl groups is 11. The van der Waals surface area contributed by atoms with Crippen LogP contribution in [0.2, 0.25) is 0 Å². The van der Waals surface area contributed by atoms with Crippen LogP contribution in [0.3, 0.4) is 0 Å². The quantitative estimate of drug-likeness (QED) is 0.141. The van der Waals surface area contributed by atoms with E-state index >= 15 is 0 Å². The van der Waals surface area contributed by atoms with E-state index in [0.717, 1.165) is 38.5 Å². The Labute approximate surface area is 382 Å². The minimum absolute atomic E-state index is 0.0621. The van der Waals surface area contributed by atoms with Crippen molar-refractivity contribution in [3.05, 3.63) is 23.3 Å². The molecule has 8 aliphatic rings. The summed E-state index contributed by atoms with van der Waals surface area (Å²) < 4.78 is 36.2. The van der Waals surface area contributed by atoms with Gasteiger partial charge in [0.05, 0.1) is 38.1 Å². The highest BCUT2D eigenvalue weighted by molar-refractivity contribution is 5.47. The summed E-state index contributed by atoms with van der Waals surface area (Å²) in [7, 11) is 0. The van der Waals surface area contributed by atoms with Crippen LogP contribution in [-0.2, 0) is 28.4 Å². The minimum Gasteiger partial charge on any atom is -0.395 e. The molecule has 3 aliphatic heterocycles. The van der Waals surface area contributed by atoms with Crippen LogP contribution in [0, 0.1) is 44.3 Å². The molecule has 5 aliphatic carbocycles. The maximum Gasteiger partial charge on any atom is 0.187 e. The predicted octanol–water partition coefficient (Wildman–Crippen LogP) is 0.532. The van der Waals surface area contributed by atoms with E-state index in [4.69, 9.17) is 28.4 Å². The standard InChI is InChI=1S/C48H78O17/c1-22-31(52)33(54)37(58)41(61-22)65-39-26(20-60-40-36(57)34(55)32(53)25(19-49)62-40)63-42(38(59)35(39)56)64-30-12-13-45(6)27(44(30,4)5)11-14-46(7)28(45)10-9-23-24-17-43(2,3)15-16-48(24,21-50)29(51)18-47(23,46)8/h9-10,22,25-42,49-59H,11-21H2,1-8H3/t22-,25+,26+,27-,28+,29-,30-,31-,32+,33+,34-,35+,36+,37+,38+,39+,40+,41-,42-,45-,46+,47+,48+/m1/s1. The molecule has 8 rings (SSSR count). The Hall–Kier alpha value is -1.20. The van der Waals surface area contributed by atoms with Crippen LogP contribution in [0.1, 0.15) is 107 Å². The minimum atomic E-state index is -1.76. The first-order chi connectivity index (χ1) is 30.3. The number of fused-ring (bicyclic) bond motifs is 6. The van der Waals surface area contributed by atoms with E-state index in [1.807, 2.05) is 0 Å². The third-order valence-electron chi connectivity index (χ3n) is 18.8. The van der Waals surface area contributed by atoms with Crippen molar-refractivity contribution in [2.75, 3.05) is 19.8 Å². The Kier molecular flexibility index (Phi) is 13.6. The molecule has 0 aromatic heterocycles. The molecule has 17 nitrogen and oxygen atoms in total. The number of hydrogen-bond donors (Lipinski definition) is 11. The van der Waals surface area contributed by atoms with Gasteiger partial charge in [0.15, 0.2) is 18.9 Å². The van der Waals surface area contributed by atoms with Gasteiger partial charge in [-0.15, -0.1) is 0 Å². The summed E-state index contributed by atoms with van der Waals surface area (Å²) in [4.78, 5) is 0. The average molecular weight is 927 g/mol. The van der Waals surface area contributed by atoms with Gasteiger partial charge in [-0.25, -0.2) is 0 Å². The Morgan fingerprint density at radius 2 is 1.29 bits per heavy atom. The van der Waals surface area contributed by atoms with Crippen LogP contribution in [0.4, 0.5) is 0 Å². The van der Waals surface area contributed by atoms with Crippen molar-refractivity contribution in [2.24, 2.45) is 44.3 Å². The lowest BCUT2D eigenvalue weighted by Crippen LogP contribution is -2.66. The zero-order valence-electron chi connectivity index (χ0n) is 39.3. The number of aliphatic hydroxyl groups excluding tert-OH is 11. The summed E-state index contributed by atoms with van der Waals surface area (Å²) in [6.45, 7) is 16.2. The molecule has 0 aromatic rings. The van der Waals surface area contributed by atoms with Crippen molar-refractivity contribution in [1.82, 2.24) is 0 Å². The van der Waals surface area contributed by atoms with E-state index < -0.39 is 128 Å². The Bertz CT molecular complexity index is 1790. The molecule has 3 heterocycles. The molecule has 0 amide bonds. The topological polar surface area (TPSA) is 278 Å². The van der Waals surface area contributed by atoms with Crippen molar-refractivity contribution >= 4 is 0 Å². The van der Waals surface area contributed by atoms with Crippen LogP contribution in [-0.4, -0.2) is 180 Å². The first-order valence-corrected chi connectivity index (χ1v) is 24.0. The molecule has 0 aromatic carbocycles. The van der Waals surface area contributed by atoms with Gasteiger partial charge in [0.1, 0.15) is 67.1 Å². The summed E-state index contributed by atoms with van der Waals surface area (Å²) in [6, 6.07) is 0. The smallest absolute Gasteiger partial charge is 0.187 e. The van der Waals surface area contributed by atoms with E-state index in [1.165, 1.54) is 18.1 Å². The second kappa shape index (κ2) is 17.6. The van der Waals surface area contributed by atoms with Gasteiger partial charge in [-0.2, -0.15) is 0 Å². The molecule has 3 saturated heterocycles. The first kappa shape index (κ1) is 50.2. The molecule has 6 fully saturated rings. The predicted molar refractivity (Wildman–Crippen MR) is 230 cm³/mol. The van der Waals surface area contributed by atoms with Crippen molar-refractivity contribution < 1.29 is 84.6 Å². The second-order valence-corrected chi connectivity index (χ2v) is 23.3. The zero-order valence-corrected chi connectivity index (χ0v) is 39.3. The van der Waals surface area contributed by atoms with Crippen molar-refractivity contribution in [3.8, 4) is 0 Å². The molecule has 65 heavy (non-hydrogen) atoms. The van der Waals surface area contributed by atoms with Gasteiger partial charge in [0.2, 0.25) is 0 Å². The lowest BCUT2D eigenvalue weighted by molar-refractivity contribution is -0.373. The Morgan fingerprint density at radius 1 is 0.662 bits per heavy atom. The second-order valence-electron chi connectivity index (χ2n) is 23.3. The number of rotatable bonds is 9. The van der Waals surface area contributed by atoms with Crippen molar-refractivity contribution in [3.63, 3.8) is 0 Å². The van der Waals surface area contributed by atoms with E-state index in [-0.39, 0.29) is 40.1 Å². The molecule has 0 spiro atoms. The molecule has 17 heteroatoms. The van der Waals surface area contributed by atoms with Crippen LogP contribution >= 0.6 is 0 Å². The number of hydrogen-bond acceptors (Lipinski definition) is 17. The van der Waals surface area contributed by atoms with E-state index in [2.05, 4.69) is 60.6 Å². The summed E-state index contributed by atoms with van der Waals surface area (Å²) >= 11 is 0. The van der Waals surface area contributed by atoms with Gasteiger partial charge < -0.3 is 84.6 Å². The van der Waals surface area contributed by atoms with Gasteiger partial charge in [0, 0.05) is 10.8 Å². The lowest BCUT2D eigenvalue weighted by Gasteiger charge is -2.70. The fourth-order valence-electron chi connectivity index (χ4n) is 14.4. The molecular formula is C48H78O17. The molecular weight excluding hydrogens is 849 g/mol. The monoisotopic (exact) mass is 927 g/mol. The molecule has 3 saturated carbocycles. The van der Waals surface area contributed by atoms with Gasteiger partial charge in [-0.1, -0.05) is 66.2 Å². The Morgan fingerprint density at radius 3 is 1.97 bits per heavy atom. The van der Waals surface area contributed by atoms with Crippen LogP contribution in [0.5, 0.6) is 0 Å². The molecule has 11 N–H and O–H groups in total. The lowest BCUT2D eigenvalue weighted by atomic mass is 9.35. The largest absolute Gasteiger partial charge is 0.395 e. The highest BCUT2D eigenvalue weighted by atomic mass is 16.8. The fraction of sp³-hybridized carbons (Fsp3) is 0.917. The Balaban J connectivity index is 1.04. The highest BCUT2D eigenvalue weighted by Gasteiger charge is 2.68. The third-order valence-corrected chi connectivity index (χ3v) is 18.8. The molecule has 23 atom stereocenters. The number of allylic oxidation sites excluding steroid dienone is 3. The van der Waals surface area contributed by atoms with E-state index in [9.17, 15) is 56.2 Å². The van der Waals surface area contributed by atoms with Gasteiger partial charge in [-0.05, 0) is 97.4 Å². The molecule has 0 bridgehead atoms. The maximum absolute atomic E-state index is 12.1. The summed E-state index contributed by atoms with van der Waals surface area (Å²) in [6.07, 6.45) is -13.2. The maximum atomic E-state index is 12.1. The van der Waals surface area contributed by atoms with Crippen LogP contribution in [0.25, 0.3) is 0 Å². The molecule has 0 radical (unpaired) electrons. The average Bonchev–Trinajstić information content (AvgIpc) is 3.24. The van der Waals surface area contributed by atoms with Crippen molar-refractivity contribution in [2.45, 2.75) is 211 Å². The van der Waals surface area contributed by atoms with Gasteiger partial charge in [0.25, 0.3) is 0 Å². The summed E-state index contributed by atoms with van der Waals surface area (Å²) in [5, 5.41) is 119. The number of ether oxygens (including phenoxy) is 6. The van der Waals surface area contributed by atoms with Crippen LogP contribution < -0.4 is 0 Å².